The van der Waals surface area contributed by atoms with E-state index < -0.39 is 14.6 Å². The summed E-state index contributed by atoms with van der Waals surface area (Å²) in [7, 11) is -1.40. The van der Waals surface area contributed by atoms with Crippen LogP contribution in [0.15, 0.2) is 4.99 Å². The Morgan fingerprint density at radius 1 is 1.47 bits per heavy atom. The van der Waals surface area contributed by atoms with Crippen molar-refractivity contribution in [3.63, 3.8) is 0 Å². The highest BCUT2D eigenvalue weighted by molar-refractivity contribution is 14.0. The summed E-state index contributed by atoms with van der Waals surface area (Å²) in [6.07, 6.45) is 0.425. The topological polar surface area (TPSA) is 61.8 Å². The Labute approximate surface area is 132 Å². The molecule has 1 rings (SSSR count). The molecule has 0 unspecified atom stereocenters. The molecule has 0 aromatic rings. The number of guanidine groups is 1. The lowest BCUT2D eigenvalue weighted by Gasteiger charge is -2.39. The minimum atomic E-state index is -3.05. The highest BCUT2D eigenvalue weighted by atomic mass is 127. The van der Waals surface area contributed by atoms with Gasteiger partial charge in [0.15, 0.2) is 15.8 Å². The third-order valence-corrected chi connectivity index (χ3v) is 5.68. The number of alkyl halides is 1. The zero-order valence-electron chi connectivity index (χ0n) is 11.6. The van der Waals surface area contributed by atoms with E-state index in [1.807, 2.05) is 4.90 Å². The van der Waals surface area contributed by atoms with Gasteiger partial charge in [-0.3, -0.25) is 9.38 Å². The number of sulfone groups is 1. The number of halogens is 2. The lowest BCUT2D eigenvalue weighted by molar-refractivity contribution is 0.352. The number of nitrogens with one attached hydrogen (secondary N) is 1. The molecule has 0 aromatic heterocycles. The number of hydrogen-bond donors (Lipinski definition) is 1. The van der Waals surface area contributed by atoms with E-state index >= 15 is 0 Å². The molecule has 5 nitrogen and oxygen atoms in total. The molecule has 1 saturated heterocycles. The molecule has 8 heteroatoms. The molecule has 1 heterocycles. The van der Waals surface area contributed by atoms with Gasteiger partial charge in [-0.15, -0.1) is 24.0 Å². The van der Waals surface area contributed by atoms with E-state index in [2.05, 4.69) is 10.3 Å². The molecule has 1 aliphatic heterocycles. The van der Waals surface area contributed by atoms with Crippen molar-refractivity contribution in [2.24, 2.45) is 4.99 Å². The van der Waals surface area contributed by atoms with Gasteiger partial charge < -0.3 is 10.2 Å². The van der Waals surface area contributed by atoms with Crippen LogP contribution in [0.25, 0.3) is 0 Å². The predicted octanol–water partition coefficient (Wildman–Crippen LogP) is 1.05. The highest BCUT2D eigenvalue weighted by Gasteiger charge is 2.40. The van der Waals surface area contributed by atoms with Crippen LogP contribution in [0, 0.1) is 0 Å². The Morgan fingerprint density at radius 3 is 2.58 bits per heavy atom. The van der Waals surface area contributed by atoms with Crippen molar-refractivity contribution in [1.29, 1.82) is 0 Å². The maximum Gasteiger partial charge on any atom is 0.193 e. The summed E-state index contributed by atoms with van der Waals surface area (Å²) in [6, 6.07) is 0. The van der Waals surface area contributed by atoms with E-state index in [-0.39, 0.29) is 36.4 Å². The van der Waals surface area contributed by atoms with E-state index in [4.69, 9.17) is 0 Å². The van der Waals surface area contributed by atoms with Crippen LogP contribution in [0.3, 0.4) is 0 Å². The lowest BCUT2D eigenvalue weighted by Crippen LogP contribution is -2.57. The Morgan fingerprint density at radius 2 is 2.11 bits per heavy atom. The van der Waals surface area contributed by atoms with Crippen molar-refractivity contribution >= 4 is 39.8 Å². The predicted molar refractivity (Wildman–Crippen MR) is 86.8 cm³/mol. The molecule has 114 valence electrons. The maximum atomic E-state index is 12.0. The van der Waals surface area contributed by atoms with E-state index in [1.54, 1.807) is 20.9 Å². The number of nitrogens with zero attached hydrogens (tertiary/aromatic N) is 2. The van der Waals surface area contributed by atoms with Gasteiger partial charge >= 0.3 is 0 Å². The number of rotatable bonds is 3. The zero-order valence-corrected chi connectivity index (χ0v) is 14.8. The average molecular weight is 407 g/mol. The van der Waals surface area contributed by atoms with Gasteiger partial charge in [-0.1, -0.05) is 0 Å². The van der Waals surface area contributed by atoms with E-state index in [0.717, 1.165) is 0 Å². The molecule has 0 amide bonds. The van der Waals surface area contributed by atoms with Crippen LogP contribution in [-0.2, 0) is 9.84 Å². The molecule has 0 saturated carbocycles. The van der Waals surface area contributed by atoms with Crippen molar-refractivity contribution in [2.75, 3.05) is 39.1 Å². The van der Waals surface area contributed by atoms with Gasteiger partial charge in [0.2, 0.25) is 0 Å². The van der Waals surface area contributed by atoms with Gasteiger partial charge in [-0.05, 0) is 20.3 Å². The van der Waals surface area contributed by atoms with Gasteiger partial charge in [-0.25, -0.2) is 8.42 Å². The second kappa shape index (κ2) is 7.61. The second-order valence-electron chi connectivity index (χ2n) is 5.02. The number of hydrogen-bond acceptors (Lipinski definition) is 3. The van der Waals surface area contributed by atoms with Gasteiger partial charge in [0, 0.05) is 26.7 Å². The monoisotopic (exact) mass is 407 g/mol. The normalized spacial score (nSPS) is 21.7. The third kappa shape index (κ3) is 4.73. The van der Waals surface area contributed by atoms with E-state index in [9.17, 15) is 12.8 Å². The molecule has 0 spiro atoms. The van der Waals surface area contributed by atoms with Gasteiger partial charge in [-0.2, -0.15) is 0 Å². The van der Waals surface area contributed by atoms with E-state index in [1.165, 1.54) is 0 Å². The van der Waals surface area contributed by atoms with Gasteiger partial charge in [0.25, 0.3) is 0 Å². The summed E-state index contributed by atoms with van der Waals surface area (Å²) < 4.78 is 35.0. The first-order valence-corrected chi connectivity index (χ1v) is 7.73. The molecule has 1 N–H and O–H groups in total. The van der Waals surface area contributed by atoms with Crippen molar-refractivity contribution in [2.45, 2.75) is 25.0 Å². The van der Waals surface area contributed by atoms with Crippen molar-refractivity contribution in [3.05, 3.63) is 0 Å². The smallest absolute Gasteiger partial charge is 0.193 e. The molecule has 0 aliphatic carbocycles. The van der Waals surface area contributed by atoms with Crippen LogP contribution in [0.1, 0.15) is 20.3 Å². The molecule has 0 radical (unpaired) electrons. The maximum absolute atomic E-state index is 12.0. The zero-order chi connectivity index (χ0) is 13.8. The van der Waals surface area contributed by atoms with Gasteiger partial charge in [0.1, 0.15) is 0 Å². The summed E-state index contributed by atoms with van der Waals surface area (Å²) in [4.78, 5) is 6.03. The third-order valence-electron chi connectivity index (χ3n) is 3.15. The van der Waals surface area contributed by atoms with Gasteiger partial charge in [0.05, 0.1) is 17.2 Å². The minimum absolute atomic E-state index is 0. The fourth-order valence-electron chi connectivity index (χ4n) is 1.92. The Bertz CT molecular complexity index is 412. The fraction of sp³-hybridized carbons (Fsp3) is 0.909. The largest absolute Gasteiger partial charge is 0.356 e. The molecule has 19 heavy (non-hydrogen) atoms. The van der Waals surface area contributed by atoms with Crippen LogP contribution < -0.4 is 5.32 Å². The molecule has 0 aromatic carbocycles. The first kappa shape index (κ1) is 18.9. The first-order valence-electron chi connectivity index (χ1n) is 6.08. The van der Waals surface area contributed by atoms with Crippen LogP contribution in [0.4, 0.5) is 4.39 Å². The molecule has 1 fully saturated rings. The molecule has 1 aliphatic rings. The van der Waals surface area contributed by atoms with Crippen LogP contribution >= 0.6 is 24.0 Å². The molecular weight excluding hydrogens is 384 g/mol. The summed E-state index contributed by atoms with van der Waals surface area (Å²) in [5.74, 6) is 0.774. The molecule has 0 atom stereocenters. The standard InChI is InChI=1S/C11H22FN3O2S.HI/c1-11(2)9-15(7-8-18(11,16)17)10(13-3)14-6-4-5-12;/h4-9H2,1-3H3,(H,13,14);1H. The van der Waals surface area contributed by atoms with Crippen LogP contribution in [0.5, 0.6) is 0 Å². The van der Waals surface area contributed by atoms with Crippen molar-refractivity contribution < 1.29 is 12.8 Å². The summed E-state index contributed by atoms with van der Waals surface area (Å²) in [5.41, 5.74) is 0. The van der Waals surface area contributed by atoms with Crippen LogP contribution in [0.2, 0.25) is 0 Å². The Hall–Kier alpha value is -0.120. The fourth-order valence-corrected chi connectivity index (χ4v) is 3.29. The van der Waals surface area contributed by atoms with Crippen molar-refractivity contribution in [3.8, 4) is 0 Å². The Balaban J connectivity index is 0.00000324. The number of aliphatic imine (C=N–C) groups is 1. The van der Waals surface area contributed by atoms with Crippen molar-refractivity contribution in [1.82, 2.24) is 10.2 Å². The second-order valence-corrected chi connectivity index (χ2v) is 7.76. The lowest BCUT2D eigenvalue weighted by atomic mass is 10.2. The van der Waals surface area contributed by atoms with E-state index in [0.29, 0.717) is 32.0 Å². The molecular formula is C11H23FIN3O2S. The first-order chi connectivity index (χ1) is 8.34. The molecule has 0 bridgehead atoms. The average Bonchev–Trinajstić information content (AvgIpc) is 2.29. The quantitative estimate of drug-likeness (QED) is 0.329. The Kier molecular flexibility index (Phi) is 7.56. The van der Waals surface area contributed by atoms with Crippen LogP contribution in [-0.4, -0.2) is 63.1 Å². The SMILES string of the molecule is CN=C(NCCCF)N1CCS(=O)(=O)C(C)(C)C1.I. The summed E-state index contributed by atoms with van der Waals surface area (Å²) in [5, 5.41) is 3.05. The highest BCUT2D eigenvalue weighted by Crippen LogP contribution is 2.23. The summed E-state index contributed by atoms with van der Waals surface area (Å²) in [6.45, 7) is 4.43. The summed E-state index contributed by atoms with van der Waals surface area (Å²) >= 11 is 0. The minimum Gasteiger partial charge on any atom is -0.356 e.